The van der Waals surface area contributed by atoms with Gasteiger partial charge in [-0.05, 0) is 31.7 Å². The average Bonchev–Trinajstić information content (AvgIpc) is 2.82. The summed E-state index contributed by atoms with van der Waals surface area (Å²) in [5.74, 6) is -1.18. The van der Waals surface area contributed by atoms with Crippen LogP contribution >= 0.6 is 0 Å². The van der Waals surface area contributed by atoms with Gasteiger partial charge in [0, 0.05) is 6.54 Å². The minimum atomic E-state index is -1.07. The smallest absolute Gasteiger partial charge is 0.325 e. The van der Waals surface area contributed by atoms with E-state index < -0.39 is 36.0 Å². The van der Waals surface area contributed by atoms with Crippen LogP contribution in [0.1, 0.15) is 32.3 Å². The predicted octanol–water partition coefficient (Wildman–Crippen LogP) is 1.17. The van der Waals surface area contributed by atoms with Crippen molar-refractivity contribution in [3.63, 3.8) is 0 Å². The number of benzene rings is 1. The molecule has 0 spiro atoms. The standard InChI is InChI=1S/C18H24N4O4/c1-3-11-19-16(25)20-14(23)12-22-15(24)18(2,21-17(22)26)10-9-13-7-5-4-6-8-13/h4-8H,3,9-12H2,1-2H3,(H,21,26)(H2,19,20,23,25)/t18-/m1/s1. The second kappa shape index (κ2) is 8.46. The van der Waals surface area contributed by atoms with Crippen molar-refractivity contribution in [2.75, 3.05) is 13.1 Å². The van der Waals surface area contributed by atoms with Gasteiger partial charge in [-0.15, -0.1) is 0 Å². The second-order valence-corrected chi connectivity index (χ2v) is 6.44. The maximum absolute atomic E-state index is 12.6. The topological polar surface area (TPSA) is 108 Å². The van der Waals surface area contributed by atoms with Gasteiger partial charge in [-0.25, -0.2) is 9.59 Å². The Kier molecular flexibility index (Phi) is 6.32. The Labute approximate surface area is 152 Å². The van der Waals surface area contributed by atoms with Crippen LogP contribution in [0.3, 0.4) is 0 Å². The number of aryl methyl sites for hydroxylation is 1. The van der Waals surface area contributed by atoms with E-state index in [4.69, 9.17) is 0 Å². The summed E-state index contributed by atoms with van der Waals surface area (Å²) in [5, 5.41) is 7.25. The molecule has 0 radical (unpaired) electrons. The highest BCUT2D eigenvalue weighted by molar-refractivity contribution is 6.09. The quantitative estimate of drug-likeness (QED) is 0.634. The summed E-state index contributed by atoms with van der Waals surface area (Å²) < 4.78 is 0. The zero-order valence-corrected chi connectivity index (χ0v) is 15.0. The van der Waals surface area contributed by atoms with Crippen LogP contribution in [0.25, 0.3) is 0 Å². The van der Waals surface area contributed by atoms with E-state index in [2.05, 4.69) is 16.0 Å². The lowest BCUT2D eigenvalue weighted by Crippen LogP contribution is -2.47. The lowest BCUT2D eigenvalue weighted by Gasteiger charge is -2.21. The van der Waals surface area contributed by atoms with Gasteiger partial charge < -0.3 is 10.6 Å². The monoisotopic (exact) mass is 360 g/mol. The fourth-order valence-electron chi connectivity index (χ4n) is 2.69. The number of hydrogen-bond acceptors (Lipinski definition) is 4. The predicted molar refractivity (Wildman–Crippen MR) is 95.2 cm³/mol. The minimum absolute atomic E-state index is 0.413. The molecule has 1 aliphatic rings. The third-order valence-electron chi connectivity index (χ3n) is 4.19. The second-order valence-electron chi connectivity index (χ2n) is 6.44. The lowest BCUT2D eigenvalue weighted by atomic mass is 9.93. The normalized spacial score (nSPS) is 19.2. The van der Waals surface area contributed by atoms with Crippen molar-refractivity contribution in [3.05, 3.63) is 35.9 Å². The third kappa shape index (κ3) is 4.81. The van der Waals surface area contributed by atoms with E-state index in [1.54, 1.807) is 6.92 Å². The molecule has 0 aromatic heterocycles. The van der Waals surface area contributed by atoms with Gasteiger partial charge in [0.1, 0.15) is 12.1 Å². The Morgan fingerprint density at radius 3 is 2.54 bits per heavy atom. The molecule has 1 saturated heterocycles. The van der Waals surface area contributed by atoms with E-state index >= 15 is 0 Å². The van der Waals surface area contributed by atoms with E-state index in [0.29, 0.717) is 19.4 Å². The third-order valence-corrected chi connectivity index (χ3v) is 4.19. The molecule has 0 aliphatic carbocycles. The van der Waals surface area contributed by atoms with Crippen LogP contribution in [0.4, 0.5) is 9.59 Å². The summed E-state index contributed by atoms with van der Waals surface area (Å²) in [5.41, 5.74) is -0.0166. The van der Waals surface area contributed by atoms with Crippen molar-refractivity contribution in [2.45, 2.75) is 38.6 Å². The fourth-order valence-corrected chi connectivity index (χ4v) is 2.69. The first-order valence-electron chi connectivity index (χ1n) is 8.61. The van der Waals surface area contributed by atoms with Gasteiger partial charge in [0.05, 0.1) is 0 Å². The number of urea groups is 2. The van der Waals surface area contributed by atoms with Crippen LogP contribution in [0, 0.1) is 0 Å². The van der Waals surface area contributed by atoms with Crippen molar-refractivity contribution in [2.24, 2.45) is 0 Å². The molecule has 0 bridgehead atoms. The summed E-state index contributed by atoms with van der Waals surface area (Å²) in [6.07, 6.45) is 1.76. The van der Waals surface area contributed by atoms with Crippen LogP contribution < -0.4 is 16.0 Å². The van der Waals surface area contributed by atoms with Crippen molar-refractivity contribution in [1.82, 2.24) is 20.9 Å². The molecule has 3 N–H and O–H groups in total. The Morgan fingerprint density at radius 1 is 1.19 bits per heavy atom. The Bertz CT molecular complexity index is 692. The summed E-state index contributed by atoms with van der Waals surface area (Å²) in [6, 6.07) is 8.35. The molecule has 1 fully saturated rings. The first-order valence-corrected chi connectivity index (χ1v) is 8.61. The van der Waals surface area contributed by atoms with Crippen molar-refractivity contribution in [3.8, 4) is 0 Å². The fraction of sp³-hybridized carbons (Fsp3) is 0.444. The van der Waals surface area contributed by atoms with Gasteiger partial charge in [-0.2, -0.15) is 0 Å². The number of hydrogen-bond donors (Lipinski definition) is 3. The largest absolute Gasteiger partial charge is 0.338 e. The zero-order chi connectivity index (χ0) is 19.2. The summed E-state index contributed by atoms with van der Waals surface area (Å²) in [7, 11) is 0. The summed E-state index contributed by atoms with van der Waals surface area (Å²) >= 11 is 0. The highest BCUT2D eigenvalue weighted by Crippen LogP contribution is 2.23. The molecule has 1 aromatic carbocycles. The van der Waals surface area contributed by atoms with Gasteiger partial charge >= 0.3 is 12.1 Å². The molecule has 6 amide bonds. The molecule has 1 heterocycles. The Hall–Kier alpha value is -2.90. The summed E-state index contributed by atoms with van der Waals surface area (Å²) in [6.45, 7) is 3.46. The Morgan fingerprint density at radius 2 is 1.88 bits per heavy atom. The van der Waals surface area contributed by atoms with E-state index in [1.807, 2.05) is 37.3 Å². The van der Waals surface area contributed by atoms with E-state index in [0.717, 1.165) is 16.9 Å². The average molecular weight is 360 g/mol. The van der Waals surface area contributed by atoms with Crippen molar-refractivity contribution in [1.29, 1.82) is 0 Å². The first kappa shape index (κ1) is 19.4. The SMILES string of the molecule is CCCNC(=O)NC(=O)CN1C(=O)N[C@](C)(CCc2ccccc2)C1=O. The Balaban J connectivity index is 1.92. The molecule has 1 aromatic rings. The highest BCUT2D eigenvalue weighted by Gasteiger charge is 2.47. The van der Waals surface area contributed by atoms with Crippen LogP contribution in [-0.2, 0) is 16.0 Å². The molecule has 1 aliphatic heterocycles. The van der Waals surface area contributed by atoms with Gasteiger partial charge in [0.15, 0.2) is 0 Å². The molecule has 140 valence electrons. The molecule has 2 rings (SSSR count). The lowest BCUT2D eigenvalue weighted by molar-refractivity contribution is -0.134. The van der Waals surface area contributed by atoms with Gasteiger partial charge in [0.2, 0.25) is 5.91 Å². The van der Waals surface area contributed by atoms with Gasteiger partial charge in [-0.3, -0.25) is 19.8 Å². The molecule has 8 heteroatoms. The van der Waals surface area contributed by atoms with Crippen LogP contribution in [0.15, 0.2) is 30.3 Å². The molecule has 26 heavy (non-hydrogen) atoms. The van der Waals surface area contributed by atoms with Gasteiger partial charge in [-0.1, -0.05) is 37.3 Å². The van der Waals surface area contributed by atoms with Crippen molar-refractivity contribution >= 4 is 23.9 Å². The van der Waals surface area contributed by atoms with E-state index in [-0.39, 0.29) is 0 Å². The number of rotatable bonds is 7. The van der Waals surface area contributed by atoms with Crippen LogP contribution in [0.5, 0.6) is 0 Å². The van der Waals surface area contributed by atoms with Crippen LogP contribution in [-0.4, -0.2) is 47.4 Å². The maximum Gasteiger partial charge on any atom is 0.325 e. The van der Waals surface area contributed by atoms with Crippen molar-refractivity contribution < 1.29 is 19.2 Å². The molecule has 0 unspecified atom stereocenters. The summed E-state index contributed by atoms with van der Waals surface area (Å²) in [4.78, 5) is 49.0. The van der Waals surface area contributed by atoms with E-state index in [9.17, 15) is 19.2 Å². The zero-order valence-electron chi connectivity index (χ0n) is 15.0. The number of amides is 6. The molecule has 1 atom stereocenters. The first-order chi connectivity index (χ1) is 12.4. The molecular formula is C18H24N4O4. The number of carbonyl (C=O) groups excluding carboxylic acids is 4. The number of imide groups is 2. The number of nitrogens with zero attached hydrogens (tertiary/aromatic N) is 1. The van der Waals surface area contributed by atoms with Crippen LogP contribution in [0.2, 0.25) is 0 Å². The number of carbonyl (C=O) groups is 4. The highest BCUT2D eigenvalue weighted by atomic mass is 16.2. The molecule has 0 saturated carbocycles. The minimum Gasteiger partial charge on any atom is -0.338 e. The maximum atomic E-state index is 12.6. The molecule has 8 nitrogen and oxygen atoms in total. The van der Waals surface area contributed by atoms with Gasteiger partial charge in [0.25, 0.3) is 5.91 Å². The molecular weight excluding hydrogens is 336 g/mol. The van der Waals surface area contributed by atoms with E-state index in [1.165, 1.54) is 0 Å². The number of nitrogens with one attached hydrogen (secondary N) is 3.